The van der Waals surface area contributed by atoms with Gasteiger partial charge in [-0.15, -0.1) is 0 Å². The van der Waals surface area contributed by atoms with Crippen LogP contribution in [0.1, 0.15) is 15.9 Å². The average Bonchev–Trinajstić information content (AvgIpc) is 2.79. The number of hydrogen-bond donors (Lipinski definition) is 1. The van der Waals surface area contributed by atoms with E-state index in [4.69, 9.17) is 5.11 Å². The molecule has 8 heteroatoms. The monoisotopic (exact) mass is 403 g/mol. The normalized spacial score (nSPS) is 13.9. The van der Waals surface area contributed by atoms with E-state index in [9.17, 15) is 9.59 Å². The average molecular weight is 403 g/mol. The summed E-state index contributed by atoms with van der Waals surface area (Å²) >= 11 is 0. The summed E-state index contributed by atoms with van der Waals surface area (Å²) in [5.74, 6) is -0.0998. The molecule has 0 bridgehead atoms. The summed E-state index contributed by atoms with van der Waals surface area (Å²) in [6.45, 7) is 3.42. The lowest BCUT2D eigenvalue weighted by atomic mass is 10.1. The zero-order chi connectivity index (χ0) is 21.1. The van der Waals surface area contributed by atoms with Crippen molar-refractivity contribution in [2.45, 2.75) is 6.92 Å². The zero-order valence-corrected chi connectivity index (χ0v) is 16.5. The Hall–Kier alpha value is -3.81. The number of amides is 2. The van der Waals surface area contributed by atoms with Gasteiger partial charge in [0.15, 0.2) is 0 Å². The number of rotatable bonds is 3. The van der Waals surface area contributed by atoms with Crippen LogP contribution in [0.2, 0.25) is 0 Å². The molecule has 152 valence electrons. The number of nitrogens with zero attached hydrogens (tertiary/aromatic N) is 5. The first-order valence-corrected chi connectivity index (χ1v) is 9.63. The number of carbonyl (C=O) groups excluding carboxylic acids is 1. The lowest BCUT2D eigenvalue weighted by Crippen LogP contribution is -2.50. The fourth-order valence-corrected chi connectivity index (χ4v) is 3.41. The third kappa shape index (κ3) is 4.12. The van der Waals surface area contributed by atoms with E-state index in [0.29, 0.717) is 37.4 Å². The van der Waals surface area contributed by atoms with Gasteiger partial charge in [-0.2, -0.15) is 0 Å². The van der Waals surface area contributed by atoms with E-state index in [-0.39, 0.29) is 5.91 Å². The highest BCUT2D eigenvalue weighted by atomic mass is 16.4. The molecule has 0 atom stereocenters. The Bertz CT molecular complexity index is 1080. The summed E-state index contributed by atoms with van der Waals surface area (Å²) in [7, 11) is 0. The molecule has 30 heavy (non-hydrogen) atoms. The molecule has 0 radical (unpaired) electrons. The predicted molar refractivity (Wildman–Crippen MR) is 111 cm³/mol. The smallest absolute Gasteiger partial charge is 0.407 e. The maximum absolute atomic E-state index is 12.7. The molecule has 1 fully saturated rings. The lowest BCUT2D eigenvalue weighted by Gasteiger charge is -2.33. The van der Waals surface area contributed by atoms with Gasteiger partial charge in [-0.25, -0.2) is 9.78 Å². The predicted octanol–water partition coefficient (Wildman–Crippen LogP) is 2.95. The first-order chi connectivity index (χ1) is 14.5. The van der Waals surface area contributed by atoms with Crippen LogP contribution in [0.25, 0.3) is 22.5 Å². The minimum Gasteiger partial charge on any atom is -0.465 e. The van der Waals surface area contributed by atoms with E-state index in [1.54, 1.807) is 41.8 Å². The molecule has 1 aliphatic heterocycles. The fraction of sp³-hybridized carbons (Fsp3) is 0.227. The van der Waals surface area contributed by atoms with Gasteiger partial charge in [0.25, 0.3) is 5.91 Å². The van der Waals surface area contributed by atoms with E-state index in [2.05, 4.69) is 15.0 Å². The Balaban J connectivity index is 1.49. The Kier molecular flexibility index (Phi) is 5.38. The number of piperazine rings is 1. The highest BCUT2D eigenvalue weighted by Crippen LogP contribution is 2.22. The van der Waals surface area contributed by atoms with Crippen LogP contribution in [0.5, 0.6) is 0 Å². The molecule has 1 saturated heterocycles. The Morgan fingerprint density at radius 2 is 1.43 bits per heavy atom. The molecule has 0 aliphatic carbocycles. The number of carboxylic acid groups (broad SMARTS) is 1. The minimum absolute atomic E-state index is 0.0998. The molecular formula is C22H21N5O3. The van der Waals surface area contributed by atoms with Crippen molar-refractivity contribution >= 4 is 12.0 Å². The van der Waals surface area contributed by atoms with E-state index >= 15 is 0 Å². The topological polar surface area (TPSA) is 99.5 Å². The standard InChI is InChI=1S/C22H21N5O3/c1-15-10-18(12-23-11-15)20-14-24-13-19(25-20)16-2-4-17(5-3-16)21(28)26-6-8-27(9-7-26)22(29)30/h2-5,10-14H,6-9H2,1H3,(H,29,30). The van der Waals surface area contributed by atoms with Crippen molar-refractivity contribution < 1.29 is 14.7 Å². The summed E-state index contributed by atoms with van der Waals surface area (Å²) in [5.41, 5.74) is 4.82. The Morgan fingerprint density at radius 3 is 2.07 bits per heavy atom. The molecule has 1 N–H and O–H groups in total. The van der Waals surface area contributed by atoms with Crippen LogP contribution in [-0.2, 0) is 0 Å². The van der Waals surface area contributed by atoms with Crippen molar-refractivity contribution in [3.63, 3.8) is 0 Å². The van der Waals surface area contributed by atoms with Gasteiger partial charge in [0, 0.05) is 55.3 Å². The van der Waals surface area contributed by atoms with Crippen molar-refractivity contribution in [2.75, 3.05) is 26.2 Å². The molecule has 2 amide bonds. The second-order valence-corrected chi connectivity index (χ2v) is 7.18. The van der Waals surface area contributed by atoms with Crippen LogP contribution in [0.4, 0.5) is 4.79 Å². The maximum Gasteiger partial charge on any atom is 0.407 e. The molecule has 8 nitrogen and oxygen atoms in total. The highest BCUT2D eigenvalue weighted by Gasteiger charge is 2.24. The van der Waals surface area contributed by atoms with Crippen LogP contribution >= 0.6 is 0 Å². The zero-order valence-electron chi connectivity index (χ0n) is 16.5. The number of hydrogen-bond acceptors (Lipinski definition) is 5. The molecule has 2 aromatic heterocycles. The lowest BCUT2D eigenvalue weighted by molar-refractivity contribution is 0.0625. The summed E-state index contributed by atoms with van der Waals surface area (Å²) < 4.78 is 0. The van der Waals surface area contributed by atoms with Crippen LogP contribution in [0, 0.1) is 6.92 Å². The van der Waals surface area contributed by atoms with E-state index in [1.807, 2.05) is 25.1 Å². The van der Waals surface area contributed by atoms with Gasteiger partial charge in [-0.3, -0.25) is 14.8 Å². The van der Waals surface area contributed by atoms with Gasteiger partial charge in [0.1, 0.15) is 0 Å². The number of pyridine rings is 1. The van der Waals surface area contributed by atoms with Crippen LogP contribution < -0.4 is 0 Å². The van der Waals surface area contributed by atoms with Gasteiger partial charge < -0.3 is 14.9 Å². The summed E-state index contributed by atoms with van der Waals surface area (Å²) in [4.78, 5) is 39.9. The van der Waals surface area contributed by atoms with Gasteiger partial charge in [0.05, 0.1) is 23.8 Å². The molecular weight excluding hydrogens is 382 g/mol. The highest BCUT2D eigenvalue weighted by molar-refractivity contribution is 5.94. The minimum atomic E-state index is -0.948. The molecule has 3 aromatic rings. The third-order valence-corrected chi connectivity index (χ3v) is 5.07. The van der Waals surface area contributed by atoms with E-state index in [1.165, 1.54) is 4.90 Å². The van der Waals surface area contributed by atoms with Crippen LogP contribution in [0.3, 0.4) is 0 Å². The number of carbonyl (C=O) groups is 2. The number of aromatic nitrogens is 3. The molecule has 3 heterocycles. The quantitative estimate of drug-likeness (QED) is 0.722. The number of aryl methyl sites for hydroxylation is 1. The molecule has 1 aromatic carbocycles. The van der Waals surface area contributed by atoms with Crippen molar-refractivity contribution in [1.29, 1.82) is 0 Å². The summed E-state index contributed by atoms with van der Waals surface area (Å²) in [6, 6.07) is 9.24. The van der Waals surface area contributed by atoms with E-state index in [0.717, 1.165) is 22.4 Å². The second kappa shape index (κ2) is 8.28. The van der Waals surface area contributed by atoms with Crippen molar-refractivity contribution in [1.82, 2.24) is 24.8 Å². The largest absolute Gasteiger partial charge is 0.465 e. The Morgan fingerprint density at radius 1 is 0.833 bits per heavy atom. The van der Waals surface area contributed by atoms with Gasteiger partial charge >= 0.3 is 6.09 Å². The molecule has 1 aliphatic rings. The Labute approximate surface area is 173 Å². The van der Waals surface area contributed by atoms with Crippen molar-refractivity contribution in [3.05, 3.63) is 66.2 Å². The van der Waals surface area contributed by atoms with Gasteiger partial charge in [-0.05, 0) is 30.7 Å². The van der Waals surface area contributed by atoms with Gasteiger partial charge in [-0.1, -0.05) is 12.1 Å². The van der Waals surface area contributed by atoms with Crippen LogP contribution in [-0.4, -0.2) is 68.0 Å². The van der Waals surface area contributed by atoms with Gasteiger partial charge in [0.2, 0.25) is 0 Å². The first kappa shape index (κ1) is 19.5. The van der Waals surface area contributed by atoms with Crippen LogP contribution in [0.15, 0.2) is 55.1 Å². The molecule has 4 rings (SSSR count). The summed E-state index contributed by atoms with van der Waals surface area (Å²) in [5, 5.41) is 9.03. The number of benzene rings is 1. The molecule has 0 saturated carbocycles. The second-order valence-electron chi connectivity index (χ2n) is 7.18. The van der Waals surface area contributed by atoms with E-state index < -0.39 is 6.09 Å². The van der Waals surface area contributed by atoms with Crippen molar-refractivity contribution in [2.24, 2.45) is 0 Å². The maximum atomic E-state index is 12.7. The third-order valence-electron chi connectivity index (χ3n) is 5.07. The molecule has 0 spiro atoms. The van der Waals surface area contributed by atoms with Crippen molar-refractivity contribution in [3.8, 4) is 22.5 Å². The first-order valence-electron chi connectivity index (χ1n) is 9.63. The SMILES string of the molecule is Cc1cncc(-c2cncc(-c3ccc(C(=O)N4CCN(C(=O)O)CC4)cc3)n2)c1. The molecule has 0 unspecified atom stereocenters. The fourth-order valence-electron chi connectivity index (χ4n) is 3.41. The summed E-state index contributed by atoms with van der Waals surface area (Å²) in [6.07, 6.45) is 5.99.